The standard InChI is InChI=1S/C24H25ClF4N6O3S/c1-14(32-23-16-4-3-5-17(24(27,28)29)22(16)30-13-31-23)12-34-6-8-35(9-7-34)39(37,38)21-10-18(25)20(11-19(21)26)33-15(2)36/h3-5,10-11,13-14H,6-9,12H2,1-2H3,(H,33,36)(H,30,31,32)/t14-/m0/s1. The second kappa shape index (κ2) is 11.2. The van der Waals surface area contributed by atoms with Crippen molar-refractivity contribution >= 4 is 49.9 Å². The lowest BCUT2D eigenvalue weighted by molar-refractivity contribution is -0.136. The number of nitrogens with zero attached hydrogens (tertiary/aromatic N) is 4. The Bertz CT molecular complexity index is 1500. The summed E-state index contributed by atoms with van der Waals surface area (Å²) in [6, 6.07) is 5.37. The summed E-state index contributed by atoms with van der Waals surface area (Å²) in [4.78, 5) is 20.6. The first-order valence-electron chi connectivity index (χ1n) is 11.8. The quantitative estimate of drug-likeness (QED) is 0.398. The van der Waals surface area contributed by atoms with Gasteiger partial charge in [-0.05, 0) is 25.1 Å². The van der Waals surface area contributed by atoms with Crippen molar-refractivity contribution in [3.8, 4) is 0 Å². The smallest absolute Gasteiger partial charge is 0.366 e. The molecule has 0 bridgehead atoms. The number of amides is 1. The van der Waals surface area contributed by atoms with Crippen LogP contribution in [0.4, 0.5) is 29.1 Å². The largest absolute Gasteiger partial charge is 0.418 e. The van der Waals surface area contributed by atoms with Crippen LogP contribution < -0.4 is 10.6 Å². The SMILES string of the molecule is CC(=O)Nc1cc(F)c(S(=O)(=O)N2CCN(C[C@H](C)Nc3ncnc4c(C(F)(F)F)cccc34)CC2)cc1Cl. The van der Waals surface area contributed by atoms with Gasteiger partial charge in [0.1, 0.15) is 22.9 Å². The van der Waals surface area contributed by atoms with Gasteiger partial charge < -0.3 is 10.6 Å². The van der Waals surface area contributed by atoms with Crippen LogP contribution in [0, 0.1) is 5.82 Å². The van der Waals surface area contributed by atoms with Gasteiger partial charge in [0, 0.05) is 57.1 Å². The van der Waals surface area contributed by atoms with Crippen molar-refractivity contribution in [2.45, 2.75) is 31.0 Å². The number of alkyl halides is 3. The van der Waals surface area contributed by atoms with Gasteiger partial charge >= 0.3 is 6.18 Å². The third kappa shape index (κ3) is 6.40. The number of anilines is 2. The maximum absolute atomic E-state index is 14.7. The Morgan fingerprint density at radius 3 is 2.49 bits per heavy atom. The van der Waals surface area contributed by atoms with E-state index in [0.29, 0.717) is 19.6 Å². The van der Waals surface area contributed by atoms with E-state index in [9.17, 15) is 30.8 Å². The number of halogens is 5. The molecule has 1 atom stereocenters. The molecule has 1 saturated heterocycles. The summed E-state index contributed by atoms with van der Waals surface area (Å²) < 4.78 is 82.2. The highest BCUT2D eigenvalue weighted by molar-refractivity contribution is 7.89. The molecule has 2 aromatic carbocycles. The molecule has 0 spiro atoms. The number of hydrogen-bond donors (Lipinski definition) is 2. The zero-order valence-electron chi connectivity index (χ0n) is 20.9. The minimum absolute atomic E-state index is 0.0296. The van der Waals surface area contributed by atoms with Gasteiger partial charge in [-0.1, -0.05) is 17.7 Å². The summed E-state index contributed by atoms with van der Waals surface area (Å²) in [5, 5.41) is 5.60. The van der Waals surface area contributed by atoms with E-state index in [0.717, 1.165) is 28.8 Å². The molecular weight excluding hydrogens is 564 g/mol. The van der Waals surface area contributed by atoms with E-state index in [1.165, 1.54) is 19.1 Å². The third-order valence-electron chi connectivity index (χ3n) is 6.17. The van der Waals surface area contributed by atoms with E-state index in [2.05, 4.69) is 20.6 Å². The van der Waals surface area contributed by atoms with Crippen LogP contribution in [0.15, 0.2) is 41.6 Å². The fourth-order valence-electron chi connectivity index (χ4n) is 4.40. The molecule has 1 aliphatic rings. The number of hydrogen-bond acceptors (Lipinski definition) is 7. The topological polar surface area (TPSA) is 108 Å². The number of carbonyl (C=O) groups is 1. The first kappa shape index (κ1) is 28.9. The van der Waals surface area contributed by atoms with Crippen molar-refractivity contribution in [2.75, 3.05) is 43.4 Å². The number of fused-ring (bicyclic) bond motifs is 1. The van der Waals surface area contributed by atoms with Crippen molar-refractivity contribution in [3.05, 3.63) is 53.1 Å². The molecular formula is C24H25ClF4N6O3S. The van der Waals surface area contributed by atoms with Crippen LogP contribution in [0.1, 0.15) is 19.4 Å². The van der Waals surface area contributed by atoms with Crippen LogP contribution in [-0.2, 0) is 21.0 Å². The summed E-state index contributed by atoms with van der Waals surface area (Å²) >= 11 is 6.06. The second-order valence-corrected chi connectivity index (χ2v) is 11.4. The van der Waals surface area contributed by atoms with E-state index in [1.54, 1.807) is 0 Å². The third-order valence-corrected chi connectivity index (χ3v) is 8.39. The highest BCUT2D eigenvalue weighted by atomic mass is 35.5. The van der Waals surface area contributed by atoms with Gasteiger partial charge in [-0.15, -0.1) is 0 Å². The van der Waals surface area contributed by atoms with E-state index < -0.39 is 38.4 Å². The Morgan fingerprint density at radius 2 is 1.85 bits per heavy atom. The molecule has 0 unspecified atom stereocenters. The summed E-state index contributed by atoms with van der Waals surface area (Å²) in [7, 11) is -4.19. The molecule has 1 fully saturated rings. The number of benzene rings is 2. The summed E-state index contributed by atoms with van der Waals surface area (Å²) in [5.41, 5.74) is -1.08. The van der Waals surface area contributed by atoms with Crippen LogP contribution in [0.5, 0.6) is 0 Å². The number of piperazine rings is 1. The van der Waals surface area contributed by atoms with Gasteiger partial charge in [-0.25, -0.2) is 22.8 Å². The average Bonchev–Trinajstić information content (AvgIpc) is 2.85. The van der Waals surface area contributed by atoms with E-state index in [-0.39, 0.29) is 46.6 Å². The number of aromatic nitrogens is 2. The van der Waals surface area contributed by atoms with Gasteiger partial charge in [0.25, 0.3) is 0 Å². The van der Waals surface area contributed by atoms with Crippen LogP contribution in [0.25, 0.3) is 10.9 Å². The Labute approximate surface area is 227 Å². The highest BCUT2D eigenvalue weighted by Crippen LogP contribution is 2.35. The number of para-hydroxylation sites is 1. The normalized spacial score (nSPS) is 16.3. The average molecular weight is 589 g/mol. The molecule has 1 aromatic heterocycles. The number of carbonyl (C=O) groups excluding carboxylic acids is 1. The van der Waals surface area contributed by atoms with Gasteiger partial charge in [0.05, 0.1) is 21.8 Å². The Morgan fingerprint density at radius 1 is 1.15 bits per heavy atom. The minimum atomic E-state index is -4.56. The molecule has 1 amide bonds. The monoisotopic (exact) mass is 588 g/mol. The zero-order chi connectivity index (χ0) is 28.5. The Kier molecular flexibility index (Phi) is 8.30. The highest BCUT2D eigenvalue weighted by Gasteiger charge is 2.34. The molecule has 2 heterocycles. The van der Waals surface area contributed by atoms with Crippen molar-refractivity contribution in [3.63, 3.8) is 0 Å². The van der Waals surface area contributed by atoms with Gasteiger partial charge in [-0.2, -0.15) is 17.5 Å². The Balaban J connectivity index is 1.41. The molecule has 15 heteroatoms. The molecule has 9 nitrogen and oxygen atoms in total. The predicted octanol–water partition coefficient (Wildman–Crippen LogP) is 4.21. The van der Waals surface area contributed by atoms with E-state index >= 15 is 0 Å². The summed E-state index contributed by atoms with van der Waals surface area (Å²) in [6.07, 6.45) is -3.48. The van der Waals surface area contributed by atoms with Crippen LogP contribution in [0.3, 0.4) is 0 Å². The minimum Gasteiger partial charge on any atom is -0.366 e. The molecule has 1 aliphatic heterocycles. The van der Waals surface area contributed by atoms with Gasteiger partial charge in [0.15, 0.2) is 0 Å². The molecule has 0 saturated carbocycles. The maximum atomic E-state index is 14.7. The lowest BCUT2D eigenvalue weighted by Gasteiger charge is -2.35. The fraction of sp³-hybridized carbons (Fsp3) is 0.375. The summed E-state index contributed by atoms with van der Waals surface area (Å²) in [5.74, 6) is -1.25. The number of sulfonamides is 1. The van der Waals surface area contributed by atoms with Crippen molar-refractivity contribution in [1.29, 1.82) is 0 Å². The number of rotatable bonds is 7. The van der Waals surface area contributed by atoms with Crippen molar-refractivity contribution in [2.24, 2.45) is 0 Å². The van der Waals surface area contributed by atoms with Crippen LogP contribution in [0.2, 0.25) is 5.02 Å². The van der Waals surface area contributed by atoms with E-state index in [1.807, 2.05) is 11.8 Å². The fourth-order valence-corrected chi connectivity index (χ4v) is 6.17. The van der Waals surface area contributed by atoms with Crippen molar-refractivity contribution < 1.29 is 30.8 Å². The van der Waals surface area contributed by atoms with Crippen LogP contribution in [-0.4, -0.2) is 72.3 Å². The molecule has 39 heavy (non-hydrogen) atoms. The first-order chi connectivity index (χ1) is 18.3. The Hall–Kier alpha value is -3.07. The molecule has 3 aromatic rings. The maximum Gasteiger partial charge on any atom is 0.418 e. The molecule has 0 radical (unpaired) electrons. The molecule has 2 N–H and O–H groups in total. The predicted molar refractivity (Wildman–Crippen MR) is 139 cm³/mol. The second-order valence-electron chi connectivity index (χ2n) is 9.12. The molecule has 4 rings (SSSR count). The van der Waals surface area contributed by atoms with Gasteiger partial charge in [-0.3, -0.25) is 9.69 Å². The van der Waals surface area contributed by atoms with Crippen molar-refractivity contribution in [1.82, 2.24) is 19.2 Å². The van der Waals surface area contributed by atoms with E-state index in [4.69, 9.17) is 11.6 Å². The first-order valence-corrected chi connectivity index (χ1v) is 13.7. The molecule has 210 valence electrons. The van der Waals surface area contributed by atoms with Gasteiger partial charge in [0.2, 0.25) is 15.9 Å². The number of nitrogens with one attached hydrogen (secondary N) is 2. The summed E-state index contributed by atoms with van der Waals surface area (Å²) in [6.45, 7) is 4.35. The lowest BCUT2D eigenvalue weighted by Crippen LogP contribution is -2.50. The molecule has 0 aliphatic carbocycles. The zero-order valence-corrected chi connectivity index (χ0v) is 22.5. The lowest BCUT2D eigenvalue weighted by atomic mass is 10.1. The van der Waals surface area contributed by atoms with Crippen LogP contribution >= 0.6 is 11.6 Å².